The van der Waals surface area contributed by atoms with E-state index < -0.39 is 0 Å². The molecule has 0 spiro atoms. The molecule has 1 N–H and O–H groups in total. The molecule has 3 rings (SSSR count). The fraction of sp³-hybridized carbons (Fsp3) is 0.467. The molecular formula is C15H18N2O3. The van der Waals surface area contributed by atoms with Crippen LogP contribution in [-0.2, 0) is 20.8 Å². The summed E-state index contributed by atoms with van der Waals surface area (Å²) in [6.45, 7) is 1.68. The standard InChI is InChI=1S/C15H18N2O3/c18-14-6-3-7-17(14)8-9-20-16-15(19)13-10-11-4-1-2-5-12(11)13/h1-2,4-5,13H,3,6-10H2,(H,16,19). The van der Waals surface area contributed by atoms with Crippen molar-refractivity contribution in [3.05, 3.63) is 35.4 Å². The Kier molecular flexibility index (Phi) is 3.69. The third-order valence-electron chi connectivity index (χ3n) is 3.98. The summed E-state index contributed by atoms with van der Waals surface area (Å²) in [5, 5.41) is 0. The highest BCUT2D eigenvalue weighted by Gasteiger charge is 2.31. The Labute approximate surface area is 117 Å². The molecule has 1 saturated heterocycles. The van der Waals surface area contributed by atoms with Gasteiger partial charge in [-0.05, 0) is 24.0 Å². The molecule has 5 nitrogen and oxygen atoms in total. The summed E-state index contributed by atoms with van der Waals surface area (Å²) >= 11 is 0. The second kappa shape index (κ2) is 5.63. The molecule has 0 aromatic heterocycles. The molecule has 2 aliphatic rings. The van der Waals surface area contributed by atoms with E-state index >= 15 is 0 Å². The summed E-state index contributed by atoms with van der Waals surface area (Å²) in [4.78, 5) is 30.3. The molecule has 5 heteroatoms. The number of fused-ring (bicyclic) bond motifs is 1. The number of benzene rings is 1. The predicted molar refractivity (Wildman–Crippen MR) is 72.8 cm³/mol. The molecule has 1 aromatic carbocycles. The highest BCUT2D eigenvalue weighted by atomic mass is 16.7. The Morgan fingerprint density at radius 3 is 3.00 bits per heavy atom. The number of nitrogens with one attached hydrogen (secondary N) is 1. The summed E-state index contributed by atoms with van der Waals surface area (Å²) in [5.41, 5.74) is 4.81. The van der Waals surface area contributed by atoms with E-state index in [1.54, 1.807) is 4.90 Å². The predicted octanol–water partition coefficient (Wildman–Crippen LogP) is 0.996. The van der Waals surface area contributed by atoms with Crippen LogP contribution in [0, 0.1) is 0 Å². The van der Waals surface area contributed by atoms with Gasteiger partial charge in [-0.25, -0.2) is 5.48 Å². The number of nitrogens with zero attached hydrogens (tertiary/aromatic N) is 1. The molecule has 2 amide bonds. The highest BCUT2D eigenvalue weighted by molar-refractivity contribution is 5.86. The minimum atomic E-state index is -0.101. The van der Waals surface area contributed by atoms with E-state index in [0.29, 0.717) is 19.6 Å². The van der Waals surface area contributed by atoms with E-state index in [2.05, 4.69) is 5.48 Å². The van der Waals surface area contributed by atoms with Gasteiger partial charge in [-0.15, -0.1) is 0 Å². The molecule has 1 aliphatic carbocycles. The maximum absolute atomic E-state index is 11.9. The molecule has 1 fully saturated rings. The maximum Gasteiger partial charge on any atom is 0.251 e. The Morgan fingerprint density at radius 2 is 2.25 bits per heavy atom. The lowest BCUT2D eigenvalue weighted by Gasteiger charge is -2.28. The lowest BCUT2D eigenvalue weighted by Crippen LogP contribution is -2.37. The Morgan fingerprint density at radius 1 is 1.40 bits per heavy atom. The van der Waals surface area contributed by atoms with Crippen LogP contribution in [0.25, 0.3) is 0 Å². The Balaban J connectivity index is 1.39. The number of rotatable bonds is 5. The molecule has 0 saturated carbocycles. The van der Waals surface area contributed by atoms with Gasteiger partial charge in [0.25, 0.3) is 5.91 Å². The van der Waals surface area contributed by atoms with Crippen molar-refractivity contribution >= 4 is 11.8 Å². The summed E-state index contributed by atoms with van der Waals surface area (Å²) in [6.07, 6.45) is 2.32. The smallest absolute Gasteiger partial charge is 0.251 e. The first-order valence-corrected chi connectivity index (χ1v) is 7.03. The summed E-state index contributed by atoms with van der Waals surface area (Å²) in [5.74, 6) is -0.0242. The van der Waals surface area contributed by atoms with Crippen molar-refractivity contribution < 1.29 is 14.4 Å². The largest absolute Gasteiger partial charge is 0.340 e. The highest BCUT2D eigenvalue weighted by Crippen LogP contribution is 2.34. The lowest BCUT2D eigenvalue weighted by atomic mass is 9.77. The van der Waals surface area contributed by atoms with Gasteiger partial charge in [-0.3, -0.25) is 14.4 Å². The van der Waals surface area contributed by atoms with Gasteiger partial charge in [0.2, 0.25) is 5.91 Å². The zero-order valence-corrected chi connectivity index (χ0v) is 11.3. The first-order chi connectivity index (χ1) is 9.75. The van der Waals surface area contributed by atoms with Crippen molar-refractivity contribution in [2.75, 3.05) is 19.7 Å². The molecular weight excluding hydrogens is 256 g/mol. The van der Waals surface area contributed by atoms with Crippen molar-refractivity contribution in [3.63, 3.8) is 0 Å². The minimum Gasteiger partial charge on any atom is -0.340 e. The second-order valence-electron chi connectivity index (χ2n) is 5.25. The van der Waals surface area contributed by atoms with E-state index in [0.717, 1.165) is 24.9 Å². The summed E-state index contributed by atoms with van der Waals surface area (Å²) < 4.78 is 0. The Bertz CT molecular complexity index is 530. The topological polar surface area (TPSA) is 58.6 Å². The number of carbonyl (C=O) groups is 2. The molecule has 0 radical (unpaired) electrons. The SMILES string of the molecule is O=C(NOCCN1CCCC1=O)C1Cc2ccccc21. The van der Waals surface area contributed by atoms with Crippen molar-refractivity contribution in [2.24, 2.45) is 0 Å². The molecule has 1 aromatic rings. The fourth-order valence-corrected chi connectivity index (χ4v) is 2.78. The normalized spacial score (nSPS) is 20.5. The number of hydrogen-bond donors (Lipinski definition) is 1. The first kappa shape index (κ1) is 13.1. The van der Waals surface area contributed by atoms with E-state index in [1.165, 1.54) is 5.56 Å². The number of hydrogen-bond acceptors (Lipinski definition) is 3. The van der Waals surface area contributed by atoms with Gasteiger partial charge in [0.1, 0.15) is 0 Å². The minimum absolute atomic E-state index is 0.0976. The van der Waals surface area contributed by atoms with E-state index in [1.807, 2.05) is 24.3 Å². The first-order valence-electron chi connectivity index (χ1n) is 7.03. The van der Waals surface area contributed by atoms with Gasteiger partial charge < -0.3 is 4.90 Å². The zero-order valence-electron chi connectivity index (χ0n) is 11.3. The molecule has 20 heavy (non-hydrogen) atoms. The van der Waals surface area contributed by atoms with E-state index in [-0.39, 0.29) is 17.7 Å². The van der Waals surface area contributed by atoms with Crippen molar-refractivity contribution in [1.29, 1.82) is 0 Å². The second-order valence-corrected chi connectivity index (χ2v) is 5.25. The number of amides is 2. The number of carbonyl (C=O) groups excluding carboxylic acids is 2. The van der Waals surface area contributed by atoms with Gasteiger partial charge in [-0.2, -0.15) is 0 Å². The fourth-order valence-electron chi connectivity index (χ4n) is 2.78. The van der Waals surface area contributed by atoms with Crippen LogP contribution in [0.4, 0.5) is 0 Å². The van der Waals surface area contributed by atoms with E-state index in [9.17, 15) is 9.59 Å². The molecule has 1 aliphatic heterocycles. The quantitative estimate of drug-likeness (QED) is 0.643. The van der Waals surface area contributed by atoms with Gasteiger partial charge in [0, 0.05) is 19.5 Å². The van der Waals surface area contributed by atoms with Gasteiger partial charge >= 0.3 is 0 Å². The van der Waals surface area contributed by atoms with Gasteiger partial charge in [-0.1, -0.05) is 24.3 Å². The molecule has 0 bridgehead atoms. The van der Waals surface area contributed by atoms with Crippen LogP contribution in [0.15, 0.2) is 24.3 Å². The van der Waals surface area contributed by atoms with Crippen LogP contribution in [0.2, 0.25) is 0 Å². The van der Waals surface area contributed by atoms with E-state index in [4.69, 9.17) is 4.84 Å². The van der Waals surface area contributed by atoms with Crippen LogP contribution in [0.1, 0.15) is 29.9 Å². The van der Waals surface area contributed by atoms with Gasteiger partial charge in [0.05, 0.1) is 12.5 Å². The molecule has 1 atom stereocenters. The summed E-state index contributed by atoms with van der Waals surface area (Å²) in [6, 6.07) is 7.94. The third-order valence-corrected chi connectivity index (χ3v) is 3.98. The molecule has 1 unspecified atom stereocenters. The van der Waals surface area contributed by atoms with Crippen LogP contribution in [-0.4, -0.2) is 36.4 Å². The van der Waals surface area contributed by atoms with Gasteiger partial charge in [0.15, 0.2) is 0 Å². The van der Waals surface area contributed by atoms with Crippen molar-refractivity contribution in [3.8, 4) is 0 Å². The van der Waals surface area contributed by atoms with Crippen LogP contribution < -0.4 is 5.48 Å². The lowest BCUT2D eigenvalue weighted by molar-refractivity contribution is -0.137. The molecule has 106 valence electrons. The third kappa shape index (κ3) is 2.54. The van der Waals surface area contributed by atoms with Crippen molar-refractivity contribution in [2.45, 2.75) is 25.2 Å². The number of likely N-dealkylation sites (tertiary alicyclic amines) is 1. The maximum atomic E-state index is 11.9. The van der Waals surface area contributed by atoms with Crippen LogP contribution in [0.5, 0.6) is 0 Å². The number of hydroxylamine groups is 1. The van der Waals surface area contributed by atoms with Crippen LogP contribution in [0.3, 0.4) is 0 Å². The summed E-state index contributed by atoms with van der Waals surface area (Å²) in [7, 11) is 0. The monoisotopic (exact) mass is 274 g/mol. The average Bonchev–Trinajstić information content (AvgIpc) is 2.82. The zero-order chi connectivity index (χ0) is 13.9. The average molecular weight is 274 g/mol. The van der Waals surface area contributed by atoms with Crippen molar-refractivity contribution in [1.82, 2.24) is 10.4 Å². The van der Waals surface area contributed by atoms with Crippen LogP contribution >= 0.6 is 0 Å². The Hall–Kier alpha value is -1.88. The molecule has 1 heterocycles.